The van der Waals surface area contributed by atoms with Crippen molar-refractivity contribution in [1.82, 2.24) is 15.1 Å². The first-order chi connectivity index (χ1) is 11.1. The van der Waals surface area contributed by atoms with Crippen LogP contribution in [0.5, 0.6) is 0 Å². The molecule has 0 bridgehead atoms. The predicted molar refractivity (Wildman–Crippen MR) is 91.5 cm³/mol. The number of rotatable bonds is 4. The van der Waals surface area contributed by atoms with Gasteiger partial charge in [-0.3, -0.25) is 4.99 Å². The second-order valence-corrected chi connectivity index (χ2v) is 6.58. The lowest BCUT2D eigenvalue weighted by atomic mass is 9.97. The molecule has 2 aliphatic heterocycles. The number of carbonyl (C=O) groups excluding carboxylic acids is 1. The number of hydrogen-bond donors (Lipinski definition) is 2. The van der Waals surface area contributed by atoms with E-state index in [0.29, 0.717) is 37.6 Å². The van der Waals surface area contributed by atoms with Crippen molar-refractivity contribution in [2.45, 2.75) is 38.6 Å². The van der Waals surface area contributed by atoms with Gasteiger partial charge in [-0.25, -0.2) is 4.79 Å². The molecule has 0 aromatic heterocycles. The van der Waals surface area contributed by atoms with E-state index < -0.39 is 0 Å². The summed E-state index contributed by atoms with van der Waals surface area (Å²) < 4.78 is 5.03. The summed E-state index contributed by atoms with van der Waals surface area (Å²) in [7, 11) is 2.16. The van der Waals surface area contributed by atoms with Crippen molar-refractivity contribution in [3.8, 4) is 0 Å². The van der Waals surface area contributed by atoms with Crippen molar-refractivity contribution in [3.05, 3.63) is 0 Å². The molecule has 0 saturated carbocycles. The molecule has 2 heterocycles. The van der Waals surface area contributed by atoms with E-state index >= 15 is 0 Å². The molecule has 7 nitrogen and oxygen atoms in total. The van der Waals surface area contributed by atoms with Gasteiger partial charge in [0.05, 0.1) is 6.61 Å². The van der Waals surface area contributed by atoms with E-state index in [1.54, 1.807) is 4.90 Å². The van der Waals surface area contributed by atoms with Gasteiger partial charge in [0.1, 0.15) is 0 Å². The topological polar surface area (TPSA) is 83.2 Å². The second-order valence-electron chi connectivity index (χ2n) is 6.58. The lowest BCUT2D eigenvalue weighted by Gasteiger charge is -2.32. The van der Waals surface area contributed by atoms with Crippen LogP contribution in [-0.2, 0) is 4.74 Å². The first kappa shape index (κ1) is 17.8. The van der Waals surface area contributed by atoms with Crippen LogP contribution >= 0.6 is 0 Å². The van der Waals surface area contributed by atoms with Crippen LogP contribution in [0.25, 0.3) is 0 Å². The number of guanidine groups is 1. The number of aliphatic imine (C=N–C) groups is 1. The molecule has 2 fully saturated rings. The maximum Gasteiger partial charge on any atom is 0.409 e. The van der Waals surface area contributed by atoms with Crippen LogP contribution in [0.2, 0.25) is 0 Å². The highest BCUT2D eigenvalue weighted by Crippen LogP contribution is 2.16. The number of carbonyl (C=O) groups is 1. The van der Waals surface area contributed by atoms with Crippen LogP contribution in [0.15, 0.2) is 4.99 Å². The highest BCUT2D eigenvalue weighted by atomic mass is 16.6. The zero-order valence-electron chi connectivity index (χ0n) is 14.5. The fraction of sp³-hybridized carbons (Fsp3) is 0.875. The molecule has 0 atom stereocenters. The molecule has 0 spiro atoms. The Labute approximate surface area is 139 Å². The molecule has 1 amide bonds. The fourth-order valence-electron chi connectivity index (χ4n) is 3.15. The van der Waals surface area contributed by atoms with Crippen molar-refractivity contribution >= 4 is 12.1 Å². The number of likely N-dealkylation sites (tertiary alicyclic amines) is 2. The Bertz CT molecular complexity index is 399. The molecule has 2 rings (SSSR count). The molecule has 3 N–H and O–H groups in total. The third-order valence-electron chi connectivity index (χ3n) is 4.73. The minimum absolute atomic E-state index is 0.213. The van der Waals surface area contributed by atoms with Gasteiger partial charge >= 0.3 is 6.09 Å². The largest absolute Gasteiger partial charge is 0.450 e. The van der Waals surface area contributed by atoms with Crippen molar-refractivity contribution in [2.75, 3.05) is 46.4 Å². The van der Waals surface area contributed by atoms with E-state index in [4.69, 9.17) is 10.5 Å². The van der Waals surface area contributed by atoms with Gasteiger partial charge in [0, 0.05) is 25.7 Å². The average molecular weight is 325 g/mol. The summed E-state index contributed by atoms with van der Waals surface area (Å²) in [6.07, 6.45) is 3.94. The second kappa shape index (κ2) is 8.96. The quantitative estimate of drug-likeness (QED) is 0.591. The summed E-state index contributed by atoms with van der Waals surface area (Å²) in [5.74, 6) is 1.19. The molecule has 23 heavy (non-hydrogen) atoms. The highest BCUT2D eigenvalue weighted by Gasteiger charge is 2.23. The third kappa shape index (κ3) is 5.89. The standard InChI is InChI=1S/C16H31N5O2/c1-3-23-16(22)21-10-6-14(7-11-21)19-15(17)18-12-13-4-8-20(2)9-5-13/h13-14H,3-12H2,1-2H3,(H3,17,18,19). The van der Waals surface area contributed by atoms with E-state index in [1.165, 1.54) is 12.8 Å². The van der Waals surface area contributed by atoms with E-state index in [0.717, 1.165) is 32.5 Å². The number of nitrogens with zero attached hydrogens (tertiary/aromatic N) is 3. The lowest BCUT2D eigenvalue weighted by molar-refractivity contribution is 0.0963. The molecule has 7 heteroatoms. The minimum atomic E-state index is -0.213. The van der Waals surface area contributed by atoms with Gasteiger partial charge < -0.3 is 25.6 Å². The maximum absolute atomic E-state index is 11.7. The van der Waals surface area contributed by atoms with Gasteiger partial charge in [0.2, 0.25) is 0 Å². The van der Waals surface area contributed by atoms with E-state index in [2.05, 4.69) is 22.3 Å². The summed E-state index contributed by atoms with van der Waals surface area (Å²) in [6, 6.07) is 0.293. The van der Waals surface area contributed by atoms with E-state index in [1.807, 2.05) is 6.92 Å². The molecular formula is C16H31N5O2. The number of ether oxygens (including phenoxy) is 1. The molecular weight excluding hydrogens is 294 g/mol. The summed E-state index contributed by atoms with van der Waals surface area (Å²) in [5.41, 5.74) is 6.01. The smallest absolute Gasteiger partial charge is 0.409 e. The number of piperidine rings is 2. The Morgan fingerprint density at radius 3 is 2.48 bits per heavy atom. The van der Waals surface area contributed by atoms with Gasteiger partial charge in [0.15, 0.2) is 5.96 Å². The van der Waals surface area contributed by atoms with Gasteiger partial charge in [-0.2, -0.15) is 0 Å². The van der Waals surface area contributed by atoms with Crippen LogP contribution in [-0.4, -0.2) is 74.3 Å². The fourth-order valence-corrected chi connectivity index (χ4v) is 3.15. The van der Waals surface area contributed by atoms with Crippen molar-refractivity contribution in [3.63, 3.8) is 0 Å². The molecule has 2 saturated heterocycles. The molecule has 0 unspecified atom stereocenters. The predicted octanol–water partition coefficient (Wildman–Crippen LogP) is 0.853. The summed E-state index contributed by atoms with van der Waals surface area (Å²) in [4.78, 5) is 20.3. The maximum atomic E-state index is 11.7. The highest BCUT2D eigenvalue weighted by molar-refractivity contribution is 5.78. The Balaban J connectivity index is 1.67. The first-order valence-corrected chi connectivity index (χ1v) is 8.75. The van der Waals surface area contributed by atoms with Crippen molar-refractivity contribution in [2.24, 2.45) is 16.6 Å². The lowest BCUT2D eigenvalue weighted by Crippen LogP contribution is -2.48. The summed E-state index contributed by atoms with van der Waals surface area (Å²) in [6.45, 7) is 6.78. The minimum Gasteiger partial charge on any atom is -0.450 e. The molecule has 0 radical (unpaired) electrons. The molecule has 0 aromatic rings. The zero-order chi connectivity index (χ0) is 16.7. The van der Waals surface area contributed by atoms with Crippen LogP contribution in [0.4, 0.5) is 4.79 Å². The Hall–Kier alpha value is -1.50. The number of nitrogens with two attached hydrogens (primary N) is 1. The SMILES string of the molecule is CCOC(=O)N1CCC(NC(N)=NCC2CCN(C)CC2)CC1. The van der Waals surface area contributed by atoms with Crippen molar-refractivity contribution in [1.29, 1.82) is 0 Å². The van der Waals surface area contributed by atoms with Gasteiger partial charge in [0.25, 0.3) is 0 Å². The van der Waals surface area contributed by atoms with Crippen LogP contribution < -0.4 is 11.1 Å². The molecule has 0 aromatic carbocycles. The van der Waals surface area contributed by atoms with E-state index in [-0.39, 0.29) is 6.09 Å². The number of hydrogen-bond acceptors (Lipinski definition) is 4. The Morgan fingerprint density at radius 1 is 1.22 bits per heavy atom. The van der Waals surface area contributed by atoms with E-state index in [9.17, 15) is 4.79 Å². The van der Waals surface area contributed by atoms with Gasteiger partial charge in [-0.15, -0.1) is 0 Å². The normalized spacial score (nSPS) is 22.2. The Kier molecular flexibility index (Phi) is 6.95. The monoisotopic (exact) mass is 325 g/mol. The van der Waals surface area contributed by atoms with Crippen LogP contribution in [0, 0.1) is 5.92 Å². The van der Waals surface area contributed by atoms with Gasteiger partial charge in [-0.1, -0.05) is 0 Å². The number of nitrogens with one attached hydrogen (secondary N) is 1. The molecule has 2 aliphatic rings. The zero-order valence-corrected chi connectivity index (χ0v) is 14.5. The first-order valence-electron chi connectivity index (χ1n) is 8.75. The summed E-state index contributed by atoms with van der Waals surface area (Å²) >= 11 is 0. The van der Waals surface area contributed by atoms with Crippen molar-refractivity contribution < 1.29 is 9.53 Å². The van der Waals surface area contributed by atoms with Crippen LogP contribution in [0.1, 0.15) is 32.6 Å². The number of amides is 1. The van der Waals surface area contributed by atoms with Gasteiger partial charge in [-0.05, 0) is 58.7 Å². The van der Waals surface area contributed by atoms with Crippen LogP contribution in [0.3, 0.4) is 0 Å². The average Bonchev–Trinajstić information content (AvgIpc) is 2.55. The molecule has 132 valence electrons. The Morgan fingerprint density at radius 2 is 1.87 bits per heavy atom. The summed E-state index contributed by atoms with van der Waals surface area (Å²) in [5, 5.41) is 3.30. The third-order valence-corrected chi connectivity index (χ3v) is 4.73. The molecule has 0 aliphatic carbocycles.